The second kappa shape index (κ2) is 7.13. The van der Waals surface area contributed by atoms with Gasteiger partial charge in [0, 0.05) is 6.00 Å². The first kappa shape index (κ1) is 19.4. The number of fused-ring (bicyclic) bond motifs is 3. The summed E-state index contributed by atoms with van der Waals surface area (Å²) in [6.07, 6.45) is 6.67. The van der Waals surface area contributed by atoms with E-state index in [9.17, 15) is 0 Å². The van der Waals surface area contributed by atoms with E-state index in [1.54, 1.807) is 6.08 Å². The lowest BCUT2D eigenvalue weighted by Crippen LogP contribution is -2.46. The van der Waals surface area contributed by atoms with Gasteiger partial charge in [-0.1, -0.05) is 20.3 Å². The summed E-state index contributed by atoms with van der Waals surface area (Å²) < 4.78 is 24.2. The van der Waals surface area contributed by atoms with Crippen molar-refractivity contribution in [3.05, 3.63) is 23.7 Å². The summed E-state index contributed by atoms with van der Waals surface area (Å²) in [7, 11) is 6.07. The van der Waals surface area contributed by atoms with Crippen LogP contribution in [0.4, 0.5) is 0 Å². The van der Waals surface area contributed by atoms with Crippen LogP contribution in [0.15, 0.2) is 23.7 Å². The van der Waals surface area contributed by atoms with Gasteiger partial charge in [0.05, 0.1) is 12.2 Å². The molecule has 0 aromatic heterocycles. The van der Waals surface area contributed by atoms with Crippen LogP contribution in [-0.4, -0.2) is 43.9 Å². The summed E-state index contributed by atoms with van der Waals surface area (Å²) in [6.45, 7) is 13.3. The van der Waals surface area contributed by atoms with Crippen LogP contribution in [0.5, 0.6) is 0 Å². The van der Waals surface area contributed by atoms with E-state index in [1.165, 1.54) is 0 Å². The smallest absolute Gasteiger partial charge is 0.160 e. The van der Waals surface area contributed by atoms with Crippen LogP contribution in [0.25, 0.3) is 0 Å². The average Bonchev–Trinajstić information content (AvgIpc) is 2.71. The van der Waals surface area contributed by atoms with Crippen LogP contribution >= 0.6 is 0 Å². The third-order valence-corrected chi connectivity index (χ3v) is 4.59. The van der Waals surface area contributed by atoms with E-state index in [0.29, 0.717) is 24.7 Å². The molecule has 134 valence electrons. The highest BCUT2D eigenvalue weighted by molar-refractivity contribution is 6.12. The lowest BCUT2D eigenvalue weighted by atomic mass is 9.98. The molecule has 0 N–H and O–H groups in total. The maximum absolute atomic E-state index is 6.24. The number of rotatable bonds is 8. The van der Waals surface area contributed by atoms with E-state index in [1.807, 2.05) is 6.08 Å². The minimum atomic E-state index is -0.722. The van der Waals surface area contributed by atoms with Gasteiger partial charge in [0.25, 0.3) is 0 Å². The van der Waals surface area contributed by atoms with E-state index < -0.39 is 11.6 Å². The lowest BCUT2D eigenvalue weighted by Gasteiger charge is -2.38. The van der Waals surface area contributed by atoms with Gasteiger partial charge in [0.15, 0.2) is 11.5 Å². The Hall–Kier alpha value is -0.935. The second-order valence-electron chi connectivity index (χ2n) is 7.99. The Labute approximate surface area is 148 Å². The van der Waals surface area contributed by atoms with Crippen molar-refractivity contribution in [1.82, 2.24) is 0 Å². The van der Waals surface area contributed by atoms with Gasteiger partial charge in [-0.3, -0.25) is 0 Å². The molecule has 0 fully saturated rings. The second-order valence-corrected chi connectivity index (χ2v) is 7.99. The minimum Gasteiger partial charge on any atom is -0.487 e. The van der Waals surface area contributed by atoms with Crippen molar-refractivity contribution in [3.8, 4) is 0 Å². The SMILES string of the molecule is [B]C1C=C2OCC(COC(C)(C)CC)(C=C2OC(C)(C)CCC)O1. The molecule has 2 bridgehead atoms. The molecule has 0 aliphatic carbocycles. The Morgan fingerprint density at radius 1 is 1.25 bits per heavy atom. The molecule has 2 atom stereocenters. The van der Waals surface area contributed by atoms with Crippen molar-refractivity contribution in [3.63, 3.8) is 0 Å². The van der Waals surface area contributed by atoms with Crippen LogP contribution < -0.4 is 0 Å². The molecule has 3 rings (SSSR count). The fourth-order valence-electron chi connectivity index (χ4n) is 2.84. The number of hydrogen-bond donors (Lipinski definition) is 0. The third-order valence-electron chi connectivity index (χ3n) is 4.59. The average molecular weight is 334 g/mol. The van der Waals surface area contributed by atoms with E-state index in [4.69, 9.17) is 26.8 Å². The van der Waals surface area contributed by atoms with Gasteiger partial charge in [0.2, 0.25) is 0 Å². The zero-order chi connectivity index (χ0) is 18.0. The first-order valence-electron chi connectivity index (χ1n) is 8.94. The van der Waals surface area contributed by atoms with Crippen molar-refractivity contribution in [2.45, 2.75) is 83.6 Å². The normalized spacial score (nSPS) is 27.2. The van der Waals surface area contributed by atoms with Crippen LogP contribution in [0.1, 0.15) is 60.8 Å². The highest BCUT2D eigenvalue weighted by atomic mass is 16.6. The first-order valence-corrected chi connectivity index (χ1v) is 8.94. The van der Waals surface area contributed by atoms with Crippen molar-refractivity contribution < 1.29 is 18.9 Å². The summed E-state index contributed by atoms with van der Waals surface area (Å²) >= 11 is 0. The van der Waals surface area contributed by atoms with Crippen LogP contribution in [0.2, 0.25) is 0 Å². The van der Waals surface area contributed by atoms with Gasteiger partial charge >= 0.3 is 0 Å². The lowest BCUT2D eigenvalue weighted by molar-refractivity contribution is -0.137. The van der Waals surface area contributed by atoms with Gasteiger partial charge in [-0.25, -0.2) is 0 Å². The minimum absolute atomic E-state index is 0.224. The number of ether oxygens (including phenoxy) is 4. The Kier molecular flexibility index (Phi) is 5.76. The fourth-order valence-corrected chi connectivity index (χ4v) is 2.84. The highest BCUT2D eigenvalue weighted by Gasteiger charge is 2.42. The van der Waals surface area contributed by atoms with Crippen LogP contribution in [0, 0.1) is 0 Å². The summed E-state index contributed by atoms with van der Waals surface area (Å²) in [5.74, 6) is 1.36. The molecule has 0 saturated carbocycles. The zero-order valence-corrected chi connectivity index (χ0v) is 16.0. The predicted octanol–water partition coefficient (Wildman–Crippen LogP) is 3.85. The van der Waals surface area contributed by atoms with Crippen LogP contribution in [0.3, 0.4) is 0 Å². The largest absolute Gasteiger partial charge is 0.487 e. The summed E-state index contributed by atoms with van der Waals surface area (Å²) in [4.78, 5) is 0. The zero-order valence-electron chi connectivity index (χ0n) is 16.0. The molecule has 2 unspecified atom stereocenters. The Morgan fingerprint density at radius 2 is 1.96 bits per heavy atom. The molecule has 0 saturated heterocycles. The van der Waals surface area contributed by atoms with Crippen molar-refractivity contribution in [2.75, 3.05) is 13.2 Å². The summed E-state index contributed by atoms with van der Waals surface area (Å²) in [5, 5.41) is 0. The molecule has 3 aliphatic heterocycles. The molecule has 0 amide bonds. The molecule has 24 heavy (non-hydrogen) atoms. The molecule has 3 aliphatic rings. The topological polar surface area (TPSA) is 36.9 Å². The van der Waals surface area contributed by atoms with Gasteiger partial charge in [-0.15, -0.1) is 0 Å². The van der Waals surface area contributed by atoms with E-state index in [0.717, 1.165) is 19.3 Å². The maximum atomic E-state index is 6.24. The standard InChI is InChI=1S/C19H31BO4/c1-7-9-18(5,6)23-15-11-19(13-22-17(3,4)8-2)12-21-14(15)10-16(20)24-19/h10-11,16H,7-9,12-13H2,1-6H3. The van der Waals surface area contributed by atoms with Gasteiger partial charge in [-0.05, 0) is 52.7 Å². The molecule has 4 nitrogen and oxygen atoms in total. The fraction of sp³-hybridized carbons (Fsp3) is 0.789. The van der Waals surface area contributed by atoms with E-state index in [2.05, 4.69) is 41.5 Å². The van der Waals surface area contributed by atoms with Crippen molar-refractivity contribution in [2.24, 2.45) is 0 Å². The molecule has 3 heterocycles. The molecule has 0 aromatic carbocycles. The molecule has 5 heteroatoms. The van der Waals surface area contributed by atoms with E-state index in [-0.39, 0.29) is 11.2 Å². The molecule has 0 spiro atoms. The summed E-state index contributed by atoms with van der Waals surface area (Å²) in [5.41, 5.74) is -1.22. The molecular weight excluding hydrogens is 303 g/mol. The van der Waals surface area contributed by atoms with E-state index >= 15 is 0 Å². The monoisotopic (exact) mass is 334 g/mol. The maximum Gasteiger partial charge on any atom is 0.160 e. The quantitative estimate of drug-likeness (QED) is 0.632. The number of hydrogen-bond acceptors (Lipinski definition) is 4. The Bertz CT molecular complexity index is 509. The molecule has 0 aromatic rings. The predicted molar refractivity (Wildman–Crippen MR) is 95.9 cm³/mol. The molecule has 2 radical (unpaired) electrons. The highest BCUT2D eigenvalue weighted by Crippen LogP contribution is 2.37. The first-order chi connectivity index (χ1) is 11.1. The van der Waals surface area contributed by atoms with Gasteiger partial charge in [-0.2, -0.15) is 0 Å². The van der Waals surface area contributed by atoms with Gasteiger partial charge < -0.3 is 18.9 Å². The third kappa shape index (κ3) is 4.79. The van der Waals surface area contributed by atoms with Crippen molar-refractivity contribution in [1.29, 1.82) is 0 Å². The van der Waals surface area contributed by atoms with Crippen molar-refractivity contribution >= 4 is 7.85 Å². The Balaban J connectivity index is 2.23. The van der Waals surface area contributed by atoms with Crippen LogP contribution in [-0.2, 0) is 18.9 Å². The molecular formula is C19H31BO4. The Morgan fingerprint density at radius 3 is 2.58 bits per heavy atom. The van der Waals surface area contributed by atoms with Gasteiger partial charge in [0.1, 0.15) is 25.7 Å². The summed E-state index contributed by atoms with van der Waals surface area (Å²) in [6, 6.07) is -0.539.